The summed E-state index contributed by atoms with van der Waals surface area (Å²) in [5.41, 5.74) is 2.71. The Balaban J connectivity index is 1.51. The number of likely N-dealkylation sites (N-methyl/N-ethyl adjacent to an activating group) is 1. The third-order valence-electron chi connectivity index (χ3n) is 6.82. The molecule has 3 heterocycles. The van der Waals surface area contributed by atoms with Crippen molar-refractivity contribution in [2.75, 3.05) is 49.8 Å². The van der Waals surface area contributed by atoms with Crippen LogP contribution in [0.15, 0.2) is 61.3 Å². The number of anilines is 4. The zero-order valence-electron chi connectivity index (χ0n) is 22.7. The molecule has 0 spiro atoms. The molecule has 2 N–H and O–H groups in total. The summed E-state index contributed by atoms with van der Waals surface area (Å²) in [4.78, 5) is 29.7. The fraction of sp³-hybridized carbons (Fsp3) is 0.286. The Hall–Kier alpha value is -4.65. The van der Waals surface area contributed by atoms with Gasteiger partial charge in [0.1, 0.15) is 18.0 Å². The van der Waals surface area contributed by atoms with Crippen LogP contribution in [0.1, 0.15) is 0 Å². The normalized spacial score (nSPS) is 13.8. The SMILES string of the molecule is C=CC(=O)Nc1cc(Nc2nccc(-c3nc4ccccc4n3CC(F)(F)F)n2)c(OC)cc1N1CC(N(C)C)C1. The number of rotatable bonds is 9. The molecule has 0 radical (unpaired) electrons. The molecule has 214 valence electrons. The number of halogens is 3. The minimum absolute atomic E-state index is 0.0588. The molecule has 1 fully saturated rings. The first-order valence-electron chi connectivity index (χ1n) is 12.8. The van der Waals surface area contributed by atoms with E-state index in [1.165, 1.54) is 25.4 Å². The van der Waals surface area contributed by atoms with Crippen LogP contribution >= 0.6 is 0 Å². The molecule has 4 aromatic rings. The number of amides is 1. The molecular weight excluding hydrogens is 537 g/mol. The highest BCUT2D eigenvalue weighted by Gasteiger charge is 2.32. The van der Waals surface area contributed by atoms with Gasteiger partial charge in [-0.2, -0.15) is 13.2 Å². The molecule has 5 rings (SSSR count). The first kappa shape index (κ1) is 27.9. The average Bonchev–Trinajstić information content (AvgIpc) is 3.25. The first-order chi connectivity index (χ1) is 19.6. The number of fused-ring (bicyclic) bond motifs is 1. The van der Waals surface area contributed by atoms with Crippen molar-refractivity contribution in [1.29, 1.82) is 0 Å². The van der Waals surface area contributed by atoms with Gasteiger partial charge in [0, 0.05) is 31.4 Å². The van der Waals surface area contributed by atoms with Gasteiger partial charge in [-0.05, 0) is 44.4 Å². The van der Waals surface area contributed by atoms with Gasteiger partial charge in [0.25, 0.3) is 0 Å². The summed E-state index contributed by atoms with van der Waals surface area (Å²) < 4.78 is 47.2. The monoisotopic (exact) mass is 566 g/mol. The summed E-state index contributed by atoms with van der Waals surface area (Å²) >= 11 is 0. The molecule has 0 bridgehead atoms. The molecule has 41 heavy (non-hydrogen) atoms. The van der Waals surface area contributed by atoms with Gasteiger partial charge in [0.15, 0.2) is 5.82 Å². The zero-order chi connectivity index (χ0) is 29.3. The highest BCUT2D eigenvalue weighted by molar-refractivity contribution is 6.02. The number of nitrogens with one attached hydrogen (secondary N) is 2. The van der Waals surface area contributed by atoms with E-state index in [1.807, 2.05) is 14.1 Å². The van der Waals surface area contributed by atoms with E-state index in [4.69, 9.17) is 4.74 Å². The van der Waals surface area contributed by atoms with Gasteiger partial charge in [-0.25, -0.2) is 15.0 Å². The average molecular weight is 567 g/mol. The fourth-order valence-electron chi connectivity index (χ4n) is 4.63. The minimum atomic E-state index is -4.46. The van der Waals surface area contributed by atoms with Gasteiger partial charge >= 0.3 is 6.18 Å². The van der Waals surface area contributed by atoms with Gasteiger partial charge < -0.3 is 29.7 Å². The second-order valence-corrected chi connectivity index (χ2v) is 9.80. The van der Waals surface area contributed by atoms with Crippen LogP contribution in [0.3, 0.4) is 0 Å². The van der Waals surface area contributed by atoms with Gasteiger partial charge in [0.05, 0.1) is 35.2 Å². The number of carbonyl (C=O) groups is 1. The van der Waals surface area contributed by atoms with Gasteiger partial charge in [0.2, 0.25) is 11.9 Å². The molecule has 10 nitrogen and oxygen atoms in total. The van der Waals surface area contributed by atoms with Crippen molar-refractivity contribution in [3.8, 4) is 17.3 Å². The second kappa shape index (κ2) is 11.1. The van der Waals surface area contributed by atoms with Crippen LogP contribution in [0.25, 0.3) is 22.6 Å². The first-order valence-corrected chi connectivity index (χ1v) is 12.8. The quantitative estimate of drug-likeness (QED) is 0.282. The number of benzene rings is 2. The summed E-state index contributed by atoms with van der Waals surface area (Å²) in [5, 5.41) is 5.93. The van der Waals surface area contributed by atoms with Crippen molar-refractivity contribution in [1.82, 2.24) is 24.4 Å². The van der Waals surface area contributed by atoms with Crippen molar-refractivity contribution in [2.24, 2.45) is 0 Å². The van der Waals surface area contributed by atoms with Crippen LogP contribution in [0.2, 0.25) is 0 Å². The van der Waals surface area contributed by atoms with Crippen LogP contribution in [-0.2, 0) is 11.3 Å². The number of alkyl halides is 3. The molecule has 0 unspecified atom stereocenters. The predicted octanol–water partition coefficient (Wildman–Crippen LogP) is 4.68. The lowest BCUT2D eigenvalue weighted by Crippen LogP contribution is -2.57. The lowest BCUT2D eigenvalue weighted by atomic mass is 10.0. The van der Waals surface area contributed by atoms with Crippen molar-refractivity contribution >= 4 is 40.0 Å². The maximum atomic E-state index is 13.5. The molecular formula is C28H29F3N8O2. The van der Waals surface area contributed by atoms with E-state index in [0.717, 1.165) is 23.3 Å². The molecule has 1 aliphatic rings. The molecule has 13 heteroatoms. The number of imidazole rings is 1. The topological polar surface area (TPSA) is 100 Å². The molecule has 1 aliphatic heterocycles. The van der Waals surface area contributed by atoms with Crippen LogP contribution in [0.4, 0.5) is 36.2 Å². The van der Waals surface area contributed by atoms with Crippen molar-refractivity contribution < 1.29 is 22.7 Å². The zero-order valence-corrected chi connectivity index (χ0v) is 22.7. The standard InChI is InChI=1S/C28H29F3N8O2/c1-5-25(40)33-20-12-21(24(41-4)13-23(20)38-14-17(15-38)37(2)3)36-27-32-11-10-19(35-27)26-34-18-8-6-7-9-22(18)39(26)16-28(29,30)31/h5-13,17H,1,14-16H2,2-4H3,(H,33,40)(H,32,35,36). The van der Waals surface area contributed by atoms with E-state index in [9.17, 15) is 18.0 Å². The van der Waals surface area contributed by atoms with Crippen LogP contribution in [0, 0.1) is 0 Å². The Morgan fingerprint density at radius 3 is 2.61 bits per heavy atom. The number of para-hydroxylation sites is 2. The van der Waals surface area contributed by atoms with E-state index in [-0.39, 0.29) is 23.4 Å². The Kier molecular flexibility index (Phi) is 7.54. The third kappa shape index (κ3) is 5.94. The Bertz CT molecular complexity index is 1600. The maximum absolute atomic E-state index is 13.5. The van der Waals surface area contributed by atoms with E-state index >= 15 is 0 Å². The minimum Gasteiger partial charge on any atom is -0.494 e. The fourth-order valence-corrected chi connectivity index (χ4v) is 4.63. The van der Waals surface area contributed by atoms with Crippen LogP contribution in [0.5, 0.6) is 5.75 Å². The Morgan fingerprint density at radius 2 is 1.93 bits per heavy atom. The summed E-state index contributed by atoms with van der Waals surface area (Å²) in [6, 6.07) is 12.0. The number of aromatic nitrogens is 4. The largest absolute Gasteiger partial charge is 0.494 e. The number of hydrogen-bond donors (Lipinski definition) is 2. The Morgan fingerprint density at radius 1 is 1.17 bits per heavy atom. The number of methoxy groups -OCH3 is 1. The van der Waals surface area contributed by atoms with Crippen LogP contribution in [-0.4, -0.2) is 76.8 Å². The number of nitrogens with zero attached hydrogens (tertiary/aromatic N) is 6. The molecule has 0 saturated carbocycles. The molecule has 1 saturated heterocycles. The lowest BCUT2D eigenvalue weighted by molar-refractivity contribution is -0.139. The summed E-state index contributed by atoms with van der Waals surface area (Å²) in [7, 11) is 5.55. The smallest absolute Gasteiger partial charge is 0.406 e. The number of ether oxygens (including phenoxy) is 1. The van der Waals surface area contributed by atoms with Gasteiger partial charge in [-0.15, -0.1) is 0 Å². The van der Waals surface area contributed by atoms with Crippen molar-refractivity contribution in [3.63, 3.8) is 0 Å². The van der Waals surface area contributed by atoms with Gasteiger partial charge in [-0.3, -0.25) is 4.79 Å². The maximum Gasteiger partial charge on any atom is 0.406 e. The summed E-state index contributed by atoms with van der Waals surface area (Å²) in [5.74, 6) is 0.248. The van der Waals surface area contributed by atoms with Crippen molar-refractivity contribution in [3.05, 3.63) is 61.3 Å². The highest BCUT2D eigenvalue weighted by Crippen LogP contribution is 2.40. The molecule has 2 aromatic carbocycles. The number of hydrogen-bond acceptors (Lipinski definition) is 8. The molecule has 0 aliphatic carbocycles. The molecule has 0 atom stereocenters. The van der Waals surface area contributed by atoms with E-state index in [0.29, 0.717) is 34.2 Å². The highest BCUT2D eigenvalue weighted by atomic mass is 19.4. The van der Waals surface area contributed by atoms with Crippen molar-refractivity contribution in [2.45, 2.75) is 18.8 Å². The predicted molar refractivity (Wildman–Crippen MR) is 152 cm³/mol. The van der Waals surface area contributed by atoms with Crippen LogP contribution < -0.4 is 20.3 Å². The van der Waals surface area contributed by atoms with E-state index in [2.05, 4.69) is 42.0 Å². The Labute approximate surface area is 234 Å². The summed E-state index contributed by atoms with van der Waals surface area (Å²) in [6.07, 6.45) is -1.85. The number of carbonyl (C=O) groups excluding carboxylic acids is 1. The second-order valence-electron chi connectivity index (χ2n) is 9.80. The van der Waals surface area contributed by atoms with Gasteiger partial charge in [-0.1, -0.05) is 18.7 Å². The molecule has 1 amide bonds. The van der Waals surface area contributed by atoms with E-state index in [1.54, 1.807) is 36.4 Å². The van der Waals surface area contributed by atoms with E-state index < -0.39 is 12.7 Å². The summed E-state index contributed by atoms with van der Waals surface area (Å²) in [6.45, 7) is 3.85. The lowest BCUT2D eigenvalue weighted by Gasteiger charge is -2.45. The third-order valence-corrected chi connectivity index (χ3v) is 6.82. The molecule has 2 aromatic heterocycles.